The molecular formula is C10H13N3O4S. The van der Waals surface area contributed by atoms with E-state index >= 15 is 0 Å². The summed E-state index contributed by atoms with van der Waals surface area (Å²) in [4.78, 5) is 35.6. The average molecular weight is 271 g/mol. The Morgan fingerprint density at radius 2 is 2.22 bits per heavy atom. The van der Waals surface area contributed by atoms with Crippen LogP contribution in [0.3, 0.4) is 0 Å². The molecule has 0 bridgehead atoms. The van der Waals surface area contributed by atoms with E-state index in [2.05, 4.69) is 10.5 Å². The Kier molecular flexibility index (Phi) is 3.55. The summed E-state index contributed by atoms with van der Waals surface area (Å²) in [5, 5.41) is 12.6. The van der Waals surface area contributed by atoms with Crippen LogP contribution in [0.15, 0.2) is 5.10 Å². The lowest BCUT2D eigenvalue weighted by atomic mass is 10.1. The van der Waals surface area contributed by atoms with E-state index in [1.165, 1.54) is 16.7 Å². The minimum absolute atomic E-state index is 0.195. The fourth-order valence-electron chi connectivity index (χ4n) is 1.92. The first-order chi connectivity index (χ1) is 8.50. The van der Waals surface area contributed by atoms with Crippen molar-refractivity contribution in [1.82, 2.24) is 10.3 Å². The summed E-state index contributed by atoms with van der Waals surface area (Å²) < 4.78 is 0. The molecule has 2 heterocycles. The van der Waals surface area contributed by atoms with E-state index in [-0.39, 0.29) is 29.8 Å². The van der Waals surface area contributed by atoms with Crippen LogP contribution in [0, 0.1) is 0 Å². The minimum Gasteiger partial charge on any atom is -0.480 e. The van der Waals surface area contributed by atoms with E-state index in [0.29, 0.717) is 5.75 Å². The van der Waals surface area contributed by atoms with Crippen molar-refractivity contribution in [3.63, 3.8) is 0 Å². The van der Waals surface area contributed by atoms with Gasteiger partial charge in [-0.1, -0.05) is 0 Å². The molecular weight excluding hydrogens is 258 g/mol. The summed E-state index contributed by atoms with van der Waals surface area (Å²) in [5.41, 5.74) is 2.46. The molecule has 8 heteroatoms. The number of nitrogens with zero attached hydrogens (tertiary/aromatic N) is 2. The molecule has 0 aromatic rings. The maximum absolute atomic E-state index is 12.2. The number of nitrogens with one attached hydrogen (secondary N) is 1. The number of amides is 2. The maximum atomic E-state index is 12.2. The van der Waals surface area contributed by atoms with Gasteiger partial charge in [-0.2, -0.15) is 5.10 Å². The van der Waals surface area contributed by atoms with Crippen LogP contribution in [0.25, 0.3) is 0 Å². The van der Waals surface area contributed by atoms with Crippen molar-refractivity contribution in [1.29, 1.82) is 0 Å². The molecule has 1 saturated heterocycles. The second kappa shape index (κ2) is 4.97. The molecule has 0 spiro atoms. The lowest BCUT2D eigenvalue weighted by Gasteiger charge is -2.26. The van der Waals surface area contributed by atoms with Crippen LogP contribution in [-0.2, 0) is 14.4 Å². The molecule has 0 radical (unpaired) electrons. The fourth-order valence-corrected chi connectivity index (χ4v) is 3.09. The Hall–Kier alpha value is -1.57. The topological polar surface area (TPSA) is 99.1 Å². The van der Waals surface area contributed by atoms with Gasteiger partial charge in [0.2, 0.25) is 5.91 Å². The number of aliphatic carboxylic acids is 1. The highest BCUT2D eigenvalue weighted by atomic mass is 32.2. The predicted octanol–water partition coefficient (Wildman–Crippen LogP) is -0.373. The zero-order valence-corrected chi connectivity index (χ0v) is 10.6. The van der Waals surface area contributed by atoms with E-state index in [1.54, 1.807) is 6.92 Å². The molecule has 0 aliphatic carbocycles. The largest absolute Gasteiger partial charge is 0.480 e. The highest BCUT2D eigenvalue weighted by Crippen LogP contribution is 2.29. The molecule has 2 N–H and O–H groups in total. The molecule has 1 fully saturated rings. The second-order valence-electron chi connectivity index (χ2n) is 4.09. The lowest BCUT2D eigenvalue weighted by Crippen LogP contribution is -2.48. The zero-order chi connectivity index (χ0) is 13.3. The first-order valence-electron chi connectivity index (χ1n) is 5.53. The Labute approximate surface area is 108 Å². The van der Waals surface area contributed by atoms with Crippen molar-refractivity contribution in [3.05, 3.63) is 0 Å². The van der Waals surface area contributed by atoms with Gasteiger partial charge in [0, 0.05) is 18.6 Å². The highest BCUT2D eigenvalue weighted by molar-refractivity contribution is 8.00. The van der Waals surface area contributed by atoms with Crippen molar-refractivity contribution < 1.29 is 19.5 Å². The van der Waals surface area contributed by atoms with Gasteiger partial charge in [0.15, 0.2) is 0 Å². The van der Waals surface area contributed by atoms with Crippen molar-refractivity contribution in [2.45, 2.75) is 31.2 Å². The number of hydrogen-bond acceptors (Lipinski definition) is 5. The summed E-state index contributed by atoms with van der Waals surface area (Å²) >= 11 is 1.42. The molecule has 0 aromatic heterocycles. The van der Waals surface area contributed by atoms with Gasteiger partial charge in [-0.15, -0.1) is 11.8 Å². The maximum Gasteiger partial charge on any atom is 0.327 e. The number of hydrogen-bond donors (Lipinski definition) is 2. The van der Waals surface area contributed by atoms with Gasteiger partial charge in [0.1, 0.15) is 11.8 Å². The molecule has 0 saturated carbocycles. The van der Waals surface area contributed by atoms with E-state index in [0.717, 1.165) is 0 Å². The van der Waals surface area contributed by atoms with Gasteiger partial charge < -0.3 is 10.0 Å². The smallest absolute Gasteiger partial charge is 0.327 e. The quantitative estimate of drug-likeness (QED) is 0.713. The molecule has 2 rings (SSSR count). The number of carbonyl (C=O) groups excluding carboxylic acids is 2. The first-order valence-corrected chi connectivity index (χ1v) is 6.58. The lowest BCUT2D eigenvalue weighted by molar-refractivity contribution is -0.146. The summed E-state index contributed by atoms with van der Waals surface area (Å²) in [6, 6.07) is -0.821. The third kappa shape index (κ3) is 2.33. The van der Waals surface area contributed by atoms with E-state index in [9.17, 15) is 14.4 Å². The summed E-state index contributed by atoms with van der Waals surface area (Å²) in [6.45, 7) is 1.79. The first kappa shape index (κ1) is 12.9. The zero-order valence-electron chi connectivity index (χ0n) is 9.75. The van der Waals surface area contributed by atoms with E-state index in [1.807, 2.05) is 0 Å². The Balaban J connectivity index is 2.16. The van der Waals surface area contributed by atoms with Crippen LogP contribution < -0.4 is 5.43 Å². The van der Waals surface area contributed by atoms with Gasteiger partial charge in [-0.3, -0.25) is 9.59 Å². The Morgan fingerprint density at radius 1 is 1.50 bits per heavy atom. The number of carboxylic acid groups (broad SMARTS) is 1. The van der Waals surface area contributed by atoms with Gasteiger partial charge in [0.25, 0.3) is 5.91 Å². The van der Waals surface area contributed by atoms with Gasteiger partial charge in [-0.25, -0.2) is 10.2 Å². The molecule has 2 atom stereocenters. The van der Waals surface area contributed by atoms with Crippen LogP contribution in [0.4, 0.5) is 0 Å². The number of carbonyl (C=O) groups is 3. The Morgan fingerprint density at radius 3 is 2.78 bits per heavy atom. The number of thioether (sulfide) groups is 1. The van der Waals surface area contributed by atoms with Crippen molar-refractivity contribution in [2.75, 3.05) is 5.75 Å². The number of hydrazone groups is 1. The second-order valence-corrected chi connectivity index (χ2v) is 5.44. The van der Waals surface area contributed by atoms with Crippen LogP contribution in [0.2, 0.25) is 0 Å². The number of carboxylic acids is 1. The van der Waals surface area contributed by atoms with Crippen LogP contribution in [0.5, 0.6) is 0 Å². The molecule has 2 amide bonds. The molecule has 2 aliphatic heterocycles. The van der Waals surface area contributed by atoms with Crippen LogP contribution in [-0.4, -0.2) is 50.7 Å². The molecule has 0 aromatic carbocycles. The van der Waals surface area contributed by atoms with Crippen LogP contribution >= 0.6 is 11.8 Å². The minimum atomic E-state index is -1.01. The molecule has 18 heavy (non-hydrogen) atoms. The third-order valence-electron chi connectivity index (χ3n) is 2.89. The van der Waals surface area contributed by atoms with Crippen molar-refractivity contribution in [2.24, 2.45) is 5.10 Å². The SMILES string of the molecule is CC1SCC(C(=O)O)N1C(=O)C1=NNC(=O)CC1. The molecule has 2 aliphatic rings. The number of rotatable bonds is 2. The van der Waals surface area contributed by atoms with Crippen LogP contribution in [0.1, 0.15) is 19.8 Å². The normalized spacial score (nSPS) is 27.7. The van der Waals surface area contributed by atoms with E-state index < -0.39 is 17.9 Å². The predicted molar refractivity (Wildman–Crippen MR) is 65.0 cm³/mol. The summed E-state index contributed by atoms with van der Waals surface area (Å²) in [6.07, 6.45) is 0.461. The van der Waals surface area contributed by atoms with Gasteiger partial charge in [-0.05, 0) is 6.92 Å². The Bertz CT molecular complexity index is 437. The standard InChI is InChI=1S/C10H13N3O4S/c1-5-13(7(4-18-5)10(16)17)9(15)6-2-3-8(14)12-11-6/h5,7H,2-4H2,1H3,(H,12,14)(H,16,17). The summed E-state index contributed by atoms with van der Waals surface area (Å²) in [5.74, 6) is -1.27. The monoisotopic (exact) mass is 271 g/mol. The van der Waals surface area contributed by atoms with Crippen molar-refractivity contribution in [3.8, 4) is 0 Å². The highest BCUT2D eigenvalue weighted by Gasteiger charge is 2.41. The van der Waals surface area contributed by atoms with Crippen molar-refractivity contribution >= 4 is 35.3 Å². The fraction of sp³-hybridized carbons (Fsp3) is 0.600. The summed E-state index contributed by atoms with van der Waals surface area (Å²) in [7, 11) is 0. The third-order valence-corrected chi connectivity index (χ3v) is 4.11. The average Bonchev–Trinajstić information content (AvgIpc) is 2.71. The molecule has 98 valence electrons. The molecule has 2 unspecified atom stereocenters. The van der Waals surface area contributed by atoms with E-state index in [4.69, 9.17) is 5.11 Å². The van der Waals surface area contributed by atoms with Gasteiger partial charge >= 0.3 is 5.97 Å². The van der Waals surface area contributed by atoms with Gasteiger partial charge in [0.05, 0.1) is 5.37 Å². The molecule has 7 nitrogen and oxygen atoms in total.